The number of hydrogen-bond donors (Lipinski definition) is 0. The third kappa shape index (κ3) is 3.48. The molecule has 0 N–H and O–H groups in total. The van der Waals surface area contributed by atoms with Crippen molar-refractivity contribution >= 4 is 23.3 Å². The van der Waals surface area contributed by atoms with Gasteiger partial charge in [-0.3, -0.25) is 4.79 Å². The first-order valence-corrected chi connectivity index (χ1v) is 9.59. The summed E-state index contributed by atoms with van der Waals surface area (Å²) in [5.74, 6) is 0. The molecular weight excluding hydrogens is 344 g/mol. The molecule has 4 nitrogen and oxygen atoms in total. The molecule has 1 aromatic heterocycles. The average molecular weight is 364 g/mol. The topological polar surface area (TPSA) is 42.4 Å². The van der Waals surface area contributed by atoms with Crippen molar-refractivity contribution in [1.82, 2.24) is 4.98 Å². The smallest absolute Gasteiger partial charge is 0.273 e. The van der Waals surface area contributed by atoms with Gasteiger partial charge in [-0.1, -0.05) is 47.7 Å². The van der Waals surface area contributed by atoms with E-state index in [0.717, 1.165) is 59.1 Å². The zero-order chi connectivity index (χ0) is 17.9. The molecule has 2 aromatic carbocycles. The van der Waals surface area contributed by atoms with E-state index in [4.69, 9.17) is 4.74 Å². The van der Waals surface area contributed by atoms with Crippen molar-refractivity contribution in [3.63, 3.8) is 0 Å². The monoisotopic (exact) mass is 364 g/mol. The maximum atomic E-state index is 11.7. The number of rotatable bonds is 5. The van der Waals surface area contributed by atoms with Crippen LogP contribution in [0.1, 0.15) is 22.5 Å². The molecule has 3 aromatic rings. The van der Waals surface area contributed by atoms with Crippen molar-refractivity contribution in [2.75, 3.05) is 18.0 Å². The van der Waals surface area contributed by atoms with Crippen molar-refractivity contribution in [2.24, 2.45) is 0 Å². The van der Waals surface area contributed by atoms with Gasteiger partial charge in [0.1, 0.15) is 6.10 Å². The Morgan fingerprint density at radius 1 is 1.19 bits per heavy atom. The number of carbonyl (C=O) groups excluding carboxylic acids is 1. The Bertz CT molecular complexity index is 907. The van der Waals surface area contributed by atoms with E-state index >= 15 is 0 Å². The summed E-state index contributed by atoms with van der Waals surface area (Å²) in [6.07, 6.45) is 1.98. The van der Waals surface area contributed by atoms with Gasteiger partial charge >= 0.3 is 0 Å². The Morgan fingerprint density at radius 3 is 2.77 bits per heavy atom. The third-order valence-corrected chi connectivity index (χ3v) is 5.46. The first-order valence-electron chi connectivity index (χ1n) is 8.71. The second-order valence-corrected chi connectivity index (χ2v) is 7.31. The molecule has 0 unspecified atom stereocenters. The molecule has 2 heterocycles. The van der Waals surface area contributed by atoms with Gasteiger partial charge in [-0.25, -0.2) is 4.98 Å². The van der Waals surface area contributed by atoms with Gasteiger partial charge in [0.15, 0.2) is 6.29 Å². The fraction of sp³-hybridized carbons (Fsp3) is 0.238. The number of nitrogens with zero attached hydrogens (tertiary/aromatic N) is 2. The maximum absolute atomic E-state index is 11.7. The maximum Gasteiger partial charge on any atom is 0.273 e. The highest BCUT2D eigenvalue weighted by atomic mass is 32.1. The molecule has 26 heavy (non-hydrogen) atoms. The lowest BCUT2D eigenvalue weighted by Crippen LogP contribution is -2.25. The molecule has 1 fully saturated rings. The molecule has 0 bridgehead atoms. The molecule has 1 aliphatic rings. The van der Waals surface area contributed by atoms with Gasteiger partial charge in [0.2, 0.25) is 0 Å². The molecule has 1 aliphatic heterocycles. The van der Waals surface area contributed by atoms with Crippen LogP contribution in [0.5, 0.6) is 5.19 Å². The largest absolute Gasteiger partial charge is 0.465 e. The summed E-state index contributed by atoms with van der Waals surface area (Å²) in [6.45, 7) is 3.61. The van der Waals surface area contributed by atoms with Crippen molar-refractivity contribution in [3.05, 3.63) is 65.2 Å². The van der Waals surface area contributed by atoms with Gasteiger partial charge in [0.25, 0.3) is 5.19 Å². The van der Waals surface area contributed by atoms with Crippen molar-refractivity contribution in [1.29, 1.82) is 0 Å². The van der Waals surface area contributed by atoms with E-state index in [2.05, 4.69) is 28.1 Å². The van der Waals surface area contributed by atoms with Gasteiger partial charge in [0, 0.05) is 29.6 Å². The van der Waals surface area contributed by atoms with Crippen LogP contribution >= 0.6 is 11.3 Å². The fourth-order valence-electron chi connectivity index (χ4n) is 3.32. The minimum Gasteiger partial charge on any atom is -0.465 e. The van der Waals surface area contributed by atoms with Gasteiger partial charge in [-0.15, -0.1) is 0 Å². The highest BCUT2D eigenvalue weighted by Crippen LogP contribution is 2.30. The van der Waals surface area contributed by atoms with Crippen LogP contribution in [-0.2, 0) is 0 Å². The molecule has 1 atom stereocenters. The molecule has 132 valence electrons. The first-order chi connectivity index (χ1) is 12.7. The Hall–Kier alpha value is -2.66. The highest BCUT2D eigenvalue weighted by molar-refractivity contribution is 7.11. The molecule has 0 aliphatic carbocycles. The Labute approximate surface area is 157 Å². The van der Waals surface area contributed by atoms with E-state index in [1.165, 1.54) is 11.3 Å². The fourth-order valence-corrected chi connectivity index (χ4v) is 4.03. The molecule has 0 radical (unpaired) electrons. The van der Waals surface area contributed by atoms with Crippen LogP contribution in [0, 0.1) is 6.92 Å². The van der Waals surface area contributed by atoms with E-state index in [0.29, 0.717) is 0 Å². The summed E-state index contributed by atoms with van der Waals surface area (Å²) < 4.78 is 5.99. The quantitative estimate of drug-likeness (QED) is 0.621. The van der Waals surface area contributed by atoms with E-state index in [9.17, 15) is 4.79 Å². The lowest BCUT2D eigenvalue weighted by Gasteiger charge is -2.21. The Balaban J connectivity index is 1.51. The summed E-state index contributed by atoms with van der Waals surface area (Å²) in [7, 11) is 0. The standard InChI is InChI=1S/C21H20N2O2S/c1-15-14-26-21(22-15)25-19-9-10-23(12-19)20-8-7-17(11-18(20)13-24)16-5-3-2-4-6-16/h2-8,11,13-14,19H,9-10,12H2,1H3/t19-/m0/s1. The third-order valence-electron chi connectivity index (χ3n) is 4.61. The molecule has 0 saturated carbocycles. The normalized spacial score (nSPS) is 16.7. The van der Waals surface area contributed by atoms with Crippen LogP contribution in [0.25, 0.3) is 11.1 Å². The van der Waals surface area contributed by atoms with Gasteiger partial charge in [-0.2, -0.15) is 0 Å². The molecule has 1 saturated heterocycles. The lowest BCUT2D eigenvalue weighted by atomic mass is 10.0. The minimum absolute atomic E-state index is 0.105. The summed E-state index contributed by atoms with van der Waals surface area (Å²) in [4.78, 5) is 18.3. The number of ether oxygens (including phenoxy) is 1. The van der Waals surface area contributed by atoms with Crippen LogP contribution < -0.4 is 9.64 Å². The number of aromatic nitrogens is 1. The zero-order valence-electron chi connectivity index (χ0n) is 14.6. The number of anilines is 1. The van der Waals surface area contributed by atoms with E-state index in [1.807, 2.05) is 42.6 Å². The van der Waals surface area contributed by atoms with Crippen LogP contribution in [-0.4, -0.2) is 30.5 Å². The molecule has 0 amide bonds. The molecule has 4 rings (SSSR count). The summed E-state index contributed by atoms with van der Waals surface area (Å²) in [6, 6.07) is 16.2. The van der Waals surface area contributed by atoms with E-state index in [-0.39, 0.29) is 6.10 Å². The van der Waals surface area contributed by atoms with E-state index < -0.39 is 0 Å². The number of thiazole rings is 1. The Morgan fingerprint density at radius 2 is 2.04 bits per heavy atom. The zero-order valence-corrected chi connectivity index (χ0v) is 15.4. The average Bonchev–Trinajstić information content (AvgIpc) is 3.31. The lowest BCUT2D eigenvalue weighted by molar-refractivity contribution is 0.112. The minimum atomic E-state index is 0.105. The highest BCUT2D eigenvalue weighted by Gasteiger charge is 2.26. The second-order valence-electron chi connectivity index (χ2n) is 6.49. The molecule has 0 spiro atoms. The van der Waals surface area contributed by atoms with E-state index in [1.54, 1.807) is 0 Å². The van der Waals surface area contributed by atoms with Gasteiger partial charge < -0.3 is 9.64 Å². The van der Waals surface area contributed by atoms with Crippen molar-refractivity contribution in [3.8, 4) is 16.3 Å². The number of benzene rings is 2. The number of aldehydes is 1. The first kappa shape index (κ1) is 16.8. The predicted octanol–water partition coefficient (Wildman–Crippen LogP) is 4.59. The van der Waals surface area contributed by atoms with Crippen LogP contribution in [0.4, 0.5) is 5.69 Å². The molecule has 5 heteroatoms. The summed E-state index contributed by atoms with van der Waals surface area (Å²) in [5, 5.41) is 2.72. The van der Waals surface area contributed by atoms with Gasteiger partial charge in [0.05, 0.1) is 12.2 Å². The number of hydrogen-bond acceptors (Lipinski definition) is 5. The molecular formula is C21H20N2O2S. The summed E-state index contributed by atoms with van der Waals surface area (Å²) >= 11 is 1.53. The number of aryl methyl sites for hydroxylation is 1. The van der Waals surface area contributed by atoms with Crippen LogP contribution in [0.15, 0.2) is 53.9 Å². The second kappa shape index (κ2) is 7.30. The van der Waals surface area contributed by atoms with Gasteiger partial charge in [-0.05, 0) is 30.2 Å². The van der Waals surface area contributed by atoms with Crippen molar-refractivity contribution < 1.29 is 9.53 Å². The summed E-state index contributed by atoms with van der Waals surface area (Å²) in [5.41, 5.74) is 4.85. The SMILES string of the molecule is Cc1csc(O[C@H]2CCN(c3ccc(-c4ccccc4)cc3C=O)C2)n1. The van der Waals surface area contributed by atoms with Crippen molar-refractivity contribution in [2.45, 2.75) is 19.4 Å². The Kier molecular flexibility index (Phi) is 4.71. The van der Waals surface area contributed by atoms with Crippen LogP contribution in [0.2, 0.25) is 0 Å². The predicted molar refractivity (Wildman–Crippen MR) is 105 cm³/mol. The number of carbonyl (C=O) groups is 1. The van der Waals surface area contributed by atoms with Crippen LogP contribution in [0.3, 0.4) is 0 Å².